The summed E-state index contributed by atoms with van der Waals surface area (Å²) in [5, 5.41) is 15.3. The lowest BCUT2D eigenvalue weighted by molar-refractivity contribution is 0.307. The molecule has 0 saturated heterocycles. The number of aromatic nitrogens is 3. The molecule has 3 aromatic carbocycles. The molecule has 37 heavy (non-hydrogen) atoms. The maximum absolute atomic E-state index is 6.04. The third-order valence-electron chi connectivity index (χ3n) is 5.60. The van der Waals surface area contributed by atoms with E-state index in [1.807, 2.05) is 103 Å². The summed E-state index contributed by atoms with van der Waals surface area (Å²) in [6.07, 6.45) is 1.73. The van der Waals surface area contributed by atoms with Gasteiger partial charge < -0.3 is 21.1 Å². The highest BCUT2D eigenvalue weighted by Crippen LogP contribution is 2.26. The zero-order valence-electron chi connectivity index (χ0n) is 19.8. The number of nitrogens with zero attached hydrogens (tertiary/aromatic N) is 3. The lowest BCUT2D eigenvalue weighted by Crippen LogP contribution is -2.21. The molecule has 0 aliphatic carbocycles. The van der Waals surface area contributed by atoms with E-state index >= 15 is 0 Å². The highest BCUT2D eigenvalue weighted by Gasteiger charge is 2.08. The summed E-state index contributed by atoms with van der Waals surface area (Å²) in [6.45, 7) is 0.364. The molecule has 7 nitrogen and oxygen atoms in total. The van der Waals surface area contributed by atoms with Crippen molar-refractivity contribution in [2.45, 2.75) is 6.61 Å². The average Bonchev–Trinajstić information content (AvgIpc) is 2.94. The molecule has 4 N–H and O–H groups in total. The largest absolute Gasteiger partial charge is 0.489 e. The Morgan fingerprint density at radius 3 is 2.30 bits per heavy atom. The Hall–Kier alpha value is -4.82. The van der Waals surface area contributed by atoms with E-state index in [0.717, 1.165) is 39.5 Å². The van der Waals surface area contributed by atoms with Crippen LogP contribution in [0.3, 0.4) is 0 Å². The highest BCUT2D eigenvalue weighted by molar-refractivity contribution is 7.80. The summed E-state index contributed by atoms with van der Waals surface area (Å²) in [5.41, 5.74) is 12.0. The van der Waals surface area contributed by atoms with Gasteiger partial charge in [0.25, 0.3) is 0 Å². The molecule has 5 rings (SSSR count). The van der Waals surface area contributed by atoms with Gasteiger partial charge in [0.1, 0.15) is 12.4 Å². The fourth-order valence-corrected chi connectivity index (χ4v) is 3.94. The second-order valence-electron chi connectivity index (χ2n) is 8.16. The highest BCUT2D eigenvalue weighted by atomic mass is 32.1. The topological polar surface area (TPSA) is 98.0 Å². The molecule has 0 aliphatic rings. The Bertz CT molecular complexity index is 1490. The van der Waals surface area contributed by atoms with Crippen molar-refractivity contribution in [2.24, 2.45) is 0 Å². The van der Waals surface area contributed by atoms with E-state index in [1.165, 1.54) is 0 Å². The Kier molecular flexibility index (Phi) is 7.29. The predicted molar refractivity (Wildman–Crippen MR) is 152 cm³/mol. The van der Waals surface area contributed by atoms with Crippen molar-refractivity contribution in [3.05, 3.63) is 115 Å². The van der Waals surface area contributed by atoms with Gasteiger partial charge in [-0.2, -0.15) is 0 Å². The summed E-state index contributed by atoms with van der Waals surface area (Å²) in [4.78, 5) is 4.36. The van der Waals surface area contributed by atoms with Crippen LogP contribution in [-0.4, -0.2) is 20.3 Å². The molecule has 0 unspecified atom stereocenters. The SMILES string of the molecule is Nc1cccnc1-c1ccc(OCc2ccccc2NC(=S)Nc2ccc(-c3ccccc3)nn2)cc1. The zero-order chi connectivity index (χ0) is 25.5. The minimum atomic E-state index is 0.364. The van der Waals surface area contributed by atoms with Crippen molar-refractivity contribution >= 4 is 34.5 Å². The summed E-state index contributed by atoms with van der Waals surface area (Å²) in [7, 11) is 0. The standard InChI is InChI=1S/C29H24N6OS/c30-24-10-6-18-31-28(24)21-12-14-23(15-13-21)36-19-22-9-4-5-11-25(22)32-29(37)33-27-17-16-26(34-35-27)20-7-2-1-3-8-20/h1-18H,19,30H2,(H2,32,33,35,37). The summed E-state index contributed by atoms with van der Waals surface area (Å²) < 4.78 is 6.03. The number of ether oxygens (including phenoxy) is 1. The van der Waals surface area contributed by atoms with E-state index in [2.05, 4.69) is 25.8 Å². The second-order valence-corrected chi connectivity index (χ2v) is 8.57. The van der Waals surface area contributed by atoms with E-state index in [0.29, 0.717) is 23.2 Å². The number of hydrogen-bond donors (Lipinski definition) is 3. The van der Waals surface area contributed by atoms with Crippen LogP contribution in [-0.2, 0) is 6.61 Å². The summed E-state index contributed by atoms with van der Waals surface area (Å²) in [5.74, 6) is 1.29. The summed E-state index contributed by atoms with van der Waals surface area (Å²) >= 11 is 5.51. The van der Waals surface area contributed by atoms with Crippen molar-refractivity contribution in [1.82, 2.24) is 15.2 Å². The normalized spacial score (nSPS) is 10.5. The van der Waals surface area contributed by atoms with Gasteiger partial charge in [-0.05, 0) is 66.8 Å². The predicted octanol–water partition coefficient (Wildman–Crippen LogP) is 6.18. The van der Waals surface area contributed by atoms with Crippen LogP contribution in [0.5, 0.6) is 5.75 Å². The third kappa shape index (κ3) is 6.06. The first-order valence-corrected chi connectivity index (χ1v) is 12.1. The van der Waals surface area contributed by atoms with E-state index in [-0.39, 0.29) is 0 Å². The van der Waals surface area contributed by atoms with Crippen LogP contribution in [0.1, 0.15) is 5.56 Å². The molecule has 0 atom stereocenters. The smallest absolute Gasteiger partial charge is 0.176 e. The molecule has 0 aliphatic heterocycles. The van der Waals surface area contributed by atoms with Gasteiger partial charge in [-0.1, -0.05) is 48.5 Å². The van der Waals surface area contributed by atoms with Crippen LogP contribution < -0.4 is 21.1 Å². The number of rotatable bonds is 7. The van der Waals surface area contributed by atoms with Crippen molar-refractivity contribution < 1.29 is 4.74 Å². The zero-order valence-corrected chi connectivity index (χ0v) is 20.7. The molecule has 0 fully saturated rings. The number of nitrogens with two attached hydrogens (primary N) is 1. The van der Waals surface area contributed by atoms with Gasteiger partial charge in [-0.25, -0.2) is 0 Å². The van der Waals surface area contributed by atoms with E-state index in [1.54, 1.807) is 6.20 Å². The number of hydrogen-bond acceptors (Lipinski definition) is 6. The van der Waals surface area contributed by atoms with E-state index in [9.17, 15) is 0 Å². The maximum atomic E-state index is 6.04. The first-order chi connectivity index (χ1) is 18.2. The van der Waals surface area contributed by atoms with Gasteiger partial charge in [0.15, 0.2) is 10.9 Å². The molecule has 5 aromatic rings. The molecule has 0 saturated carbocycles. The Labute approximate surface area is 220 Å². The third-order valence-corrected chi connectivity index (χ3v) is 5.81. The van der Waals surface area contributed by atoms with E-state index in [4.69, 9.17) is 22.7 Å². The Morgan fingerprint density at radius 1 is 0.757 bits per heavy atom. The van der Waals surface area contributed by atoms with Gasteiger partial charge in [0.2, 0.25) is 0 Å². The molecule has 8 heteroatoms. The number of para-hydroxylation sites is 1. The fraction of sp³-hybridized carbons (Fsp3) is 0.0345. The molecule has 182 valence electrons. The Morgan fingerprint density at radius 2 is 1.54 bits per heavy atom. The summed E-state index contributed by atoms with van der Waals surface area (Å²) in [6, 6.07) is 32.8. The van der Waals surface area contributed by atoms with Crippen LogP contribution in [0, 0.1) is 0 Å². The molecule has 2 heterocycles. The molecule has 0 amide bonds. The molecular weight excluding hydrogens is 480 g/mol. The minimum Gasteiger partial charge on any atom is -0.489 e. The van der Waals surface area contributed by atoms with Gasteiger partial charge >= 0.3 is 0 Å². The number of anilines is 3. The van der Waals surface area contributed by atoms with Crippen molar-refractivity contribution in [1.29, 1.82) is 0 Å². The van der Waals surface area contributed by atoms with Crippen LogP contribution in [0.2, 0.25) is 0 Å². The fourth-order valence-electron chi connectivity index (χ4n) is 3.73. The van der Waals surface area contributed by atoms with Crippen molar-refractivity contribution in [3.63, 3.8) is 0 Å². The second kappa shape index (κ2) is 11.3. The first kappa shape index (κ1) is 23.9. The molecule has 0 bridgehead atoms. The van der Waals surface area contributed by atoms with Crippen molar-refractivity contribution in [3.8, 4) is 28.3 Å². The number of nitrogens with one attached hydrogen (secondary N) is 2. The number of nitrogen functional groups attached to an aromatic ring is 1. The van der Waals surface area contributed by atoms with E-state index < -0.39 is 0 Å². The molecule has 0 spiro atoms. The van der Waals surface area contributed by atoms with Crippen LogP contribution in [0.25, 0.3) is 22.5 Å². The minimum absolute atomic E-state index is 0.364. The number of pyridine rings is 1. The lowest BCUT2D eigenvalue weighted by Gasteiger charge is -2.14. The molecular formula is C29H24N6OS. The number of benzene rings is 3. The molecule has 2 aromatic heterocycles. The van der Waals surface area contributed by atoms with Crippen LogP contribution >= 0.6 is 12.2 Å². The van der Waals surface area contributed by atoms with Crippen LogP contribution in [0.4, 0.5) is 17.2 Å². The lowest BCUT2D eigenvalue weighted by atomic mass is 10.1. The van der Waals surface area contributed by atoms with Crippen LogP contribution in [0.15, 0.2) is 109 Å². The average molecular weight is 505 g/mol. The first-order valence-electron chi connectivity index (χ1n) is 11.6. The monoisotopic (exact) mass is 504 g/mol. The number of thiocarbonyl (C=S) groups is 1. The Balaban J connectivity index is 1.20. The molecule has 0 radical (unpaired) electrons. The van der Waals surface area contributed by atoms with Crippen molar-refractivity contribution in [2.75, 3.05) is 16.4 Å². The van der Waals surface area contributed by atoms with Gasteiger partial charge in [-0.15, -0.1) is 10.2 Å². The maximum Gasteiger partial charge on any atom is 0.176 e. The van der Waals surface area contributed by atoms with Gasteiger partial charge in [0.05, 0.1) is 17.1 Å². The van der Waals surface area contributed by atoms with Gasteiger partial charge in [-0.3, -0.25) is 4.98 Å². The quantitative estimate of drug-likeness (QED) is 0.226. The van der Waals surface area contributed by atoms with Gasteiger partial charge in [0, 0.05) is 28.6 Å².